The fourth-order valence-corrected chi connectivity index (χ4v) is 4.11. The van der Waals surface area contributed by atoms with Crippen LogP contribution in [0.5, 0.6) is 11.5 Å². The number of hydrogen-bond acceptors (Lipinski definition) is 7. The number of thioether (sulfide) groups is 1. The summed E-state index contributed by atoms with van der Waals surface area (Å²) in [6.07, 6.45) is 1.54. The fourth-order valence-electron chi connectivity index (χ4n) is 3.00. The van der Waals surface area contributed by atoms with Gasteiger partial charge in [0.15, 0.2) is 11.5 Å². The van der Waals surface area contributed by atoms with Gasteiger partial charge in [0.2, 0.25) is 0 Å². The van der Waals surface area contributed by atoms with Crippen LogP contribution in [-0.4, -0.2) is 34.2 Å². The fraction of sp³-hybridized carbons (Fsp3) is 0.238. The van der Waals surface area contributed by atoms with Crippen LogP contribution in [0.2, 0.25) is 5.02 Å². The summed E-state index contributed by atoms with van der Waals surface area (Å²) in [4.78, 5) is 37.1. The summed E-state index contributed by atoms with van der Waals surface area (Å²) in [6, 6.07) is 9.30. The summed E-state index contributed by atoms with van der Waals surface area (Å²) in [6.45, 7) is 4.26. The molecule has 1 aliphatic rings. The van der Waals surface area contributed by atoms with E-state index >= 15 is 0 Å². The lowest BCUT2D eigenvalue weighted by atomic mass is 10.1. The molecule has 0 unspecified atom stereocenters. The first kappa shape index (κ1) is 22.6. The van der Waals surface area contributed by atoms with E-state index in [2.05, 4.69) is 0 Å². The summed E-state index contributed by atoms with van der Waals surface area (Å²) in [5.74, 6) is 0.311. The Balaban J connectivity index is 1.89. The van der Waals surface area contributed by atoms with Gasteiger partial charge in [-0.1, -0.05) is 29.8 Å². The van der Waals surface area contributed by atoms with Gasteiger partial charge >= 0.3 is 0 Å². The van der Waals surface area contributed by atoms with Gasteiger partial charge in [0, 0.05) is 11.6 Å². The maximum Gasteiger partial charge on any atom is 0.293 e. The molecular formula is C21H19ClN2O6S. The van der Waals surface area contributed by atoms with E-state index in [1.807, 2.05) is 13.8 Å². The average molecular weight is 463 g/mol. The molecule has 0 aliphatic carbocycles. The SMILES string of the molecule is CCOc1cc(/C=C2/SC(=O)N(Cc3ccccc3[N+](=O)[O-])C2=O)cc(Cl)c1OCC. The molecule has 2 aromatic carbocycles. The molecule has 2 aromatic rings. The zero-order valence-corrected chi connectivity index (χ0v) is 18.4. The lowest BCUT2D eigenvalue weighted by molar-refractivity contribution is -0.385. The number of ether oxygens (including phenoxy) is 2. The van der Waals surface area contributed by atoms with Gasteiger partial charge in [-0.3, -0.25) is 24.6 Å². The Morgan fingerprint density at radius 1 is 1.16 bits per heavy atom. The van der Waals surface area contributed by atoms with Crippen LogP contribution < -0.4 is 9.47 Å². The van der Waals surface area contributed by atoms with Gasteiger partial charge in [-0.05, 0) is 49.4 Å². The molecule has 0 saturated carbocycles. The van der Waals surface area contributed by atoms with Crippen molar-refractivity contribution < 1.29 is 24.0 Å². The maximum absolute atomic E-state index is 12.8. The van der Waals surface area contributed by atoms with E-state index in [0.717, 1.165) is 16.7 Å². The third-order valence-electron chi connectivity index (χ3n) is 4.31. The zero-order chi connectivity index (χ0) is 22.5. The second-order valence-corrected chi connectivity index (χ2v) is 7.75. The van der Waals surface area contributed by atoms with Crippen molar-refractivity contribution in [3.8, 4) is 11.5 Å². The molecule has 162 valence electrons. The van der Waals surface area contributed by atoms with Gasteiger partial charge in [-0.2, -0.15) is 0 Å². The minimum absolute atomic E-state index is 0.148. The van der Waals surface area contributed by atoms with E-state index < -0.39 is 16.1 Å². The molecule has 0 N–H and O–H groups in total. The maximum atomic E-state index is 12.8. The Kier molecular flexibility index (Phi) is 7.19. The average Bonchev–Trinajstić information content (AvgIpc) is 2.98. The van der Waals surface area contributed by atoms with Crippen molar-refractivity contribution in [3.05, 3.63) is 67.6 Å². The highest BCUT2D eigenvalue weighted by atomic mass is 35.5. The number of para-hydroxylation sites is 1. The van der Waals surface area contributed by atoms with Crippen LogP contribution in [-0.2, 0) is 11.3 Å². The molecule has 0 aromatic heterocycles. The molecule has 1 heterocycles. The molecule has 31 heavy (non-hydrogen) atoms. The number of carbonyl (C=O) groups is 2. The number of rotatable bonds is 8. The third-order valence-corrected chi connectivity index (χ3v) is 5.50. The quantitative estimate of drug-likeness (QED) is 0.299. The minimum Gasteiger partial charge on any atom is -0.490 e. The first-order valence-electron chi connectivity index (χ1n) is 9.42. The Morgan fingerprint density at radius 3 is 2.55 bits per heavy atom. The highest BCUT2D eigenvalue weighted by Gasteiger charge is 2.36. The Morgan fingerprint density at radius 2 is 1.87 bits per heavy atom. The molecule has 0 spiro atoms. The summed E-state index contributed by atoms with van der Waals surface area (Å²) < 4.78 is 11.1. The number of imide groups is 1. The van der Waals surface area contributed by atoms with Gasteiger partial charge in [-0.25, -0.2) is 0 Å². The summed E-state index contributed by atoms with van der Waals surface area (Å²) in [5.41, 5.74) is 0.692. The molecule has 0 radical (unpaired) electrons. The number of nitro groups is 1. The van der Waals surface area contributed by atoms with E-state index in [1.165, 1.54) is 24.3 Å². The van der Waals surface area contributed by atoms with Crippen LogP contribution in [0.15, 0.2) is 41.3 Å². The lowest BCUT2D eigenvalue weighted by Crippen LogP contribution is -2.27. The monoisotopic (exact) mass is 462 g/mol. The predicted octanol–water partition coefficient (Wildman–Crippen LogP) is 5.28. The van der Waals surface area contributed by atoms with Gasteiger partial charge < -0.3 is 9.47 Å². The molecule has 10 heteroatoms. The third kappa shape index (κ3) is 5.00. The number of carbonyl (C=O) groups excluding carboxylic acids is 2. The van der Waals surface area contributed by atoms with Gasteiger partial charge in [0.1, 0.15) is 0 Å². The number of nitro benzene ring substituents is 1. The smallest absolute Gasteiger partial charge is 0.293 e. The first-order valence-corrected chi connectivity index (χ1v) is 10.6. The van der Waals surface area contributed by atoms with Crippen molar-refractivity contribution in [2.45, 2.75) is 20.4 Å². The summed E-state index contributed by atoms with van der Waals surface area (Å²) in [7, 11) is 0. The van der Waals surface area contributed by atoms with Crippen molar-refractivity contribution in [2.24, 2.45) is 0 Å². The van der Waals surface area contributed by atoms with Crippen LogP contribution in [0, 0.1) is 10.1 Å². The van der Waals surface area contributed by atoms with Crippen LogP contribution in [0.4, 0.5) is 10.5 Å². The van der Waals surface area contributed by atoms with Gasteiger partial charge in [0.25, 0.3) is 16.8 Å². The lowest BCUT2D eigenvalue weighted by Gasteiger charge is -2.13. The van der Waals surface area contributed by atoms with Gasteiger partial charge in [-0.15, -0.1) is 0 Å². The molecule has 0 bridgehead atoms. The number of hydrogen-bond donors (Lipinski definition) is 0. The number of benzene rings is 2. The van der Waals surface area contributed by atoms with Crippen LogP contribution in [0.1, 0.15) is 25.0 Å². The van der Waals surface area contributed by atoms with Crippen LogP contribution in [0.3, 0.4) is 0 Å². The molecule has 2 amide bonds. The Bertz CT molecular complexity index is 1070. The van der Waals surface area contributed by atoms with E-state index in [-0.39, 0.29) is 22.7 Å². The number of halogens is 1. The molecule has 1 fully saturated rings. The molecular weight excluding hydrogens is 444 g/mol. The van der Waals surface area contributed by atoms with Crippen LogP contribution >= 0.6 is 23.4 Å². The van der Waals surface area contributed by atoms with Crippen molar-refractivity contribution in [1.82, 2.24) is 4.90 Å². The predicted molar refractivity (Wildman–Crippen MR) is 118 cm³/mol. The molecule has 1 saturated heterocycles. The van der Waals surface area contributed by atoms with Gasteiger partial charge in [0.05, 0.1) is 34.6 Å². The normalized spacial score (nSPS) is 14.9. The summed E-state index contributed by atoms with van der Waals surface area (Å²) >= 11 is 7.08. The zero-order valence-electron chi connectivity index (χ0n) is 16.8. The van der Waals surface area contributed by atoms with E-state index in [4.69, 9.17) is 21.1 Å². The number of nitrogens with zero attached hydrogens (tertiary/aromatic N) is 2. The topological polar surface area (TPSA) is 99.0 Å². The first-order chi connectivity index (χ1) is 14.8. The Labute approximate surface area is 187 Å². The number of amides is 2. The van der Waals surface area contributed by atoms with Crippen molar-refractivity contribution >= 4 is 46.3 Å². The highest BCUT2D eigenvalue weighted by Crippen LogP contribution is 2.39. The second kappa shape index (κ2) is 9.84. The van der Waals surface area contributed by atoms with E-state index in [9.17, 15) is 19.7 Å². The van der Waals surface area contributed by atoms with Crippen molar-refractivity contribution in [1.29, 1.82) is 0 Å². The van der Waals surface area contributed by atoms with E-state index in [1.54, 1.807) is 18.2 Å². The molecule has 0 atom stereocenters. The summed E-state index contributed by atoms with van der Waals surface area (Å²) in [5, 5.41) is 11.0. The highest BCUT2D eigenvalue weighted by molar-refractivity contribution is 8.18. The molecule has 1 aliphatic heterocycles. The van der Waals surface area contributed by atoms with E-state index in [0.29, 0.717) is 35.3 Å². The van der Waals surface area contributed by atoms with Crippen molar-refractivity contribution in [2.75, 3.05) is 13.2 Å². The Hall–Kier alpha value is -3.04. The largest absolute Gasteiger partial charge is 0.490 e. The minimum atomic E-state index is -0.540. The second-order valence-electron chi connectivity index (χ2n) is 6.35. The molecule has 8 nitrogen and oxygen atoms in total. The van der Waals surface area contributed by atoms with Crippen LogP contribution in [0.25, 0.3) is 6.08 Å². The van der Waals surface area contributed by atoms with Crippen molar-refractivity contribution in [3.63, 3.8) is 0 Å². The standard InChI is InChI=1S/C21H19ClN2O6S/c1-3-29-17-10-13(9-15(22)19(17)30-4-2)11-18-20(25)23(21(26)31-18)12-14-7-5-6-8-16(14)24(27)28/h5-11H,3-4,12H2,1-2H3/b18-11+. The molecule has 3 rings (SSSR count).